The van der Waals surface area contributed by atoms with Gasteiger partial charge in [0.05, 0.1) is 29.1 Å². The zero-order valence-corrected chi connectivity index (χ0v) is 24.2. The average Bonchev–Trinajstić information content (AvgIpc) is 3.43. The van der Waals surface area contributed by atoms with Gasteiger partial charge < -0.3 is 21.1 Å². The minimum Gasteiger partial charge on any atom is -0.478 e. The molecule has 10 heteroatoms. The molecule has 43 heavy (non-hydrogen) atoms. The molecule has 0 aliphatic carbocycles. The second kappa shape index (κ2) is 12.0. The number of aryl methyl sites for hydroxylation is 1. The molecule has 3 aromatic carbocycles. The molecule has 2 saturated heterocycles. The Labute approximate surface area is 250 Å². The highest BCUT2D eigenvalue weighted by Crippen LogP contribution is 2.39. The van der Waals surface area contributed by atoms with Crippen LogP contribution in [-0.2, 0) is 9.63 Å². The van der Waals surface area contributed by atoms with Gasteiger partial charge in [-0.25, -0.2) is 9.86 Å². The van der Waals surface area contributed by atoms with Crippen molar-refractivity contribution in [2.45, 2.75) is 31.8 Å². The summed E-state index contributed by atoms with van der Waals surface area (Å²) in [5.41, 5.74) is 4.69. The van der Waals surface area contributed by atoms with E-state index in [0.717, 1.165) is 25.2 Å². The van der Waals surface area contributed by atoms with E-state index < -0.39 is 5.97 Å². The number of anilines is 2. The van der Waals surface area contributed by atoms with Crippen LogP contribution in [0.25, 0.3) is 11.3 Å². The first kappa shape index (κ1) is 28.6. The zero-order chi connectivity index (χ0) is 30.1. The first-order valence-electron chi connectivity index (χ1n) is 14.5. The summed E-state index contributed by atoms with van der Waals surface area (Å²) in [6.07, 6.45) is 2.41. The number of nitrogens with one attached hydrogen (secondary N) is 3. The van der Waals surface area contributed by atoms with E-state index in [1.807, 2.05) is 30.3 Å². The molecule has 3 aromatic rings. The number of hydrogen-bond donors (Lipinski definition) is 4. The third kappa shape index (κ3) is 5.77. The predicted molar refractivity (Wildman–Crippen MR) is 165 cm³/mol. The maximum absolute atomic E-state index is 13.2. The first-order chi connectivity index (χ1) is 20.8. The maximum atomic E-state index is 13.2. The first-order valence-corrected chi connectivity index (χ1v) is 14.5. The Morgan fingerprint density at radius 1 is 1.02 bits per heavy atom. The lowest BCUT2D eigenvalue weighted by Gasteiger charge is -2.35. The van der Waals surface area contributed by atoms with E-state index in [2.05, 4.69) is 20.9 Å². The van der Waals surface area contributed by atoms with Crippen molar-refractivity contribution in [1.82, 2.24) is 15.3 Å². The van der Waals surface area contributed by atoms with Gasteiger partial charge in [0.1, 0.15) is 0 Å². The third-order valence-corrected chi connectivity index (χ3v) is 8.50. The number of aromatic carboxylic acids is 1. The highest BCUT2D eigenvalue weighted by atomic mass is 16.7. The fraction of sp³-hybridized carbons (Fsp3) is 0.303. The van der Waals surface area contributed by atoms with Crippen molar-refractivity contribution >= 4 is 40.4 Å². The van der Waals surface area contributed by atoms with Crippen molar-refractivity contribution < 1.29 is 24.3 Å². The molecular formula is C33H35N5O5. The second-order valence-electron chi connectivity index (χ2n) is 11.2. The quantitative estimate of drug-likeness (QED) is 0.220. The van der Waals surface area contributed by atoms with Crippen LogP contribution in [0.2, 0.25) is 0 Å². The van der Waals surface area contributed by atoms with E-state index in [9.17, 15) is 19.5 Å². The lowest BCUT2D eigenvalue weighted by atomic mass is 9.96. The standard InChI is InChI=1S/C33H35N5O5/c1-20-16-27-28(17-26(20)33(41)42)36-31(39)29(27)30(21-6-4-3-5-7-21)35-23-10-8-22(9-11-23)32(40)37(2)43-15-14-38-24-12-13-25(38)19-34-18-24/h3-11,16-17,24-25,34-35H,12-15,18-19H2,1-2H3,(H,36,39)(H,41,42)/b30-29+. The molecule has 3 aliphatic rings. The number of hydroxylamine groups is 2. The highest BCUT2D eigenvalue weighted by molar-refractivity contribution is 6.37. The topological polar surface area (TPSA) is 123 Å². The lowest BCUT2D eigenvalue weighted by Crippen LogP contribution is -2.52. The highest BCUT2D eigenvalue weighted by Gasteiger charge is 2.36. The Hall–Kier alpha value is -4.51. The van der Waals surface area contributed by atoms with Crippen molar-refractivity contribution in [3.8, 4) is 0 Å². The number of fused-ring (bicyclic) bond motifs is 3. The third-order valence-electron chi connectivity index (χ3n) is 8.50. The summed E-state index contributed by atoms with van der Waals surface area (Å²) in [6, 6.07) is 20.8. The van der Waals surface area contributed by atoms with Crippen LogP contribution in [-0.4, -0.2) is 78.2 Å². The van der Waals surface area contributed by atoms with Crippen LogP contribution in [0, 0.1) is 6.92 Å². The Morgan fingerprint density at radius 3 is 2.40 bits per heavy atom. The number of carboxylic acid groups (broad SMARTS) is 1. The van der Waals surface area contributed by atoms with Crippen molar-refractivity contribution in [1.29, 1.82) is 0 Å². The van der Waals surface area contributed by atoms with Crippen LogP contribution in [0.15, 0.2) is 66.7 Å². The van der Waals surface area contributed by atoms with Gasteiger partial charge >= 0.3 is 5.97 Å². The van der Waals surface area contributed by atoms with Crippen LogP contribution in [0.3, 0.4) is 0 Å². The van der Waals surface area contributed by atoms with Gasteiger partial charge in [-0.3, -0.25) is 19.3 Å². The number of amides is 2. The fourth-order valence-corrected chi connectivity index (χ4v) is 6.29. The van der Waals surface area contributed by atoms with Crippen LogP contribution in [0.5, 0.6) is 0 Å². The van der Waals surface area contributed by atoms with Crippen molar-refractivity contribution in [3.05, 3.63) is 94.5 Å². The second-order valence-corrected chi connectivity index (χ2v) is 11.2. The summed E-state index contributed by atoms with van der Waals surface area (Å²) in [5.74, 6) is -1.63. The van der Waals surface area contributed by atoms with E-state index in [1.165, 1.54) is 24.0 Å². The molecule has 10 nitrogen and oxygen atoms in total. The number of rotatable bonds is 9. The minimum atomic E-state index is -1.05. The van der Waals surface area contributed by atoms with Crippen LogP contribution < -0.4 is 16.0 Å². The SMILES string of the molecule is Cc1cc2c(cc1C(=O)O)NC(=O)/C2=C(/Nc1ccc(C(=O)N(C)OCCN2C3CCC2CNC3)cc1)c1ccccc1. The normalized spacial score (nSPS) is 20.4. The Morgan fingerprint density at radius 2 is 1.72 bits per heavy atom. The molecule has 222 valence electrons. The molecular weight excluding hydrogens is 546 g/mol. The Balaban J connectivity index is 1.19. The van der Waals surface area contributed by atoms with Crippen molar-refractivity contribution in [2.24, 2.45) is 0 Å². The largest absolute Gasteiger partial charge is 0.478 e. The molecule has 0 aromatic heterocycles. The Kier molecular flexibility index (Phi) is 7.98. The average molecular weight is 582 g/mol. The molecule has 0 saturated carbocycles. The number of hydrogen-bond acceptors (Lipinski definition) is 7. The van der Waals surface area contributed by atoms with E-state index in [4.69, 9.17) is 4.84 Å². The Bertz CT molecular complexity index is 1570. The van der Waals surface area contributed by atoms with Crippen LogP contribution in [0.4, 0.5) is 11.4 Å². The number of carbonyl (C=O) groups excluding carboxylic acids is 2. The molecule has 2 amide bonds. The van der Waals surface area contributed by atoms with Gasteiger partial charge in [0.2, 0.25) is 0 Å². The minimum absolute atomic E-state index is 0.139. The molecule has 3 aliphatic heterocycles. The molecule has 0 radical (unpaired) electrons. The number of nitrogens with zero attached hydrogens (tertiary/aromatic N) is 2. The summed E-state index contributed by atoms with van der Waals surface area (Å²) in [5, 5.41) is 20.5. The van der Waals surface area contributed by atoms with Gasteiger partial charge in [0.15, 0.2) is 0 Å². The lowest BCUT2D eigenvalue weighted by molar-refractivity contribution is -0.113. The summed E-state index contributed by atoms with van der Waals surface area (Å²) in [4.78, 5) is 46.3. The zero-order valence-electron chi connectivity index (χ0n) is 24.2. The molecule has 4 N–H and O–H groups in total. The van der Waals surface area contributed by atoms with Crippen LogP contribution >= 0.6 is 0 Å². The van der Waals surface area contributed by atoms with Gasteiger partial charge in [0.25, 0.3) is 11.8 Å². The predicted octanol–water partition coefficient (Wildman–Crippen LogP) is 4.07. The molecule has 3 heterocycles. The van der Waals surface area contributed by atoms with Crippen molar-refractivity contribution in [2.75, 3.05) is 43.9 Å². The number of benzene rings is 3. The van der Waals surface area contributed by atoms with E-state index >= 15 is 0 Å². The molecule has 6 rings (SSSR count). The van der Waals surface area contributed by atoms with Gasteiger partial charge in [-0.15, -0.1) is 0 Å². The van der Waals surface area contributed by atoms with Crippen LogP contribution in [0.1, 0.15) is 50.2 Å². The molecule has 0 spiro atoms. The molecule has 2 fully saturated rings. The number of carboxylic acids is 1. The monoisotopic (exact) mass is 581 g/mol. The molecule has 2 unspecified atom stereocenters. The molecule has 2 bridgehead atoms. The summed E-state index contributed by atoms with van der Waals surface area (Å²) in [6.45, 7) is 4.97. The summed E-state index contributed by atoms with van der Waals surface area (Å²) < 4.78 is 0. The smallest absolute Gasteiger partial charge is 0.336 e. The van der Waals surface area contributed by atoms with Gasteiger partial charge in [-0.2, -0.15) is 0 Å². The van der Waals surface area contributed by atoms with Crippen molar-refractivity contribution in [3.63, 3.8) is 0 Å². The van der Waals surface area contributed by atoms with Gasteiger partial charge in [-0.1, -0.05) is 30.3 Å². The molecule has 2 atom stereocenters. The number of piperazine rings is 1. The fourth-order valence-electron chi connectivity index (χ4n) is 6.29. The van der Waals surface area contributed by atoms with E-state index in [0.29, 0.717) is 58.0 Å². The van der Waals surface area contributed by atoms with Gasteiger partial charge in [-0.05, 0) is 67.3 Å². The summed E-state index contributed by atoms with van der Waals surface area (Å²) in [7, 11) is 1.63. The summed E-state index contributed by atoms with van der Waals surface area (Å²) >= 11 is 0. The maximum Gasteiger partial charge on any atom is 0.336 e. The van der Waals surface area contributed by atoms with Gasteiger partial charge in [0, 0.05) is 55.6 Å². The van der Waals surface area contributed by atoms with E-state index in [-0.39, 0.29) is 17.4 Å². The number of carbonyl (C=O) groups is 3. The van der Waals surface area contributed by atoms with E-state index in [1.54, 1.807) is 44.3 Å².